The number of hydrogen-bond donors (Lipinski definition) is 1. The summed E-state index contributed by atoms with van der Waals surface area (Å²) >= 11 is 0. The zero-order valence-corrected chi connectivity index (χ0v) is 11.6. The van der Waals surface area contributed by atoms with E-state index in [1.807, 2.05) is 0 Å². The number of nitrogens with zero attached hydrogens (tertiary/aromatic N) is 1. The van der Waals surface area contributed by atoms with Crippen LogP contribution in [0.2, 0.25) is 0 Å². The van der Waals surface area contributed by atoms with Gasteiger partial charge in [0.1, 0.15) is 5.82 Å². The van der Waals surface area contributed by atoms with Gasteiger partial charge in [0.15, 0.2) is 0 Å². The molecule has 1 unspecified atom stereocenters. The first-order valence-corrected chi connectivity index (χ1v) is 6.55. The Bertz CT molecular complexity index is 613. The Morgan fingerprint density at radius 2 is 2.00 bits per heavy atom. The normalized spacial score (nSPS) is 11.9. The number of ether oxygens (including phenoxy) is 1. The fraction of sp³-hybridized carbons (Fsp3) is 0.250. The highest BCUT2D eigenvalue weighted by molar-refractivity contribution is 5.71. The molecule has 0 bridgehead atoms. The van der Waals surface area contributed by atoms with Gasteiger partial charge in [-0.1, -0.05) is 18.2 Å². The topological polar surface area (TPSA) is 59.4 Å². The molecule has 0 saturated carbocycles. The molecule has 2 rings (SSSR count). The molecule has 1 heterocycles. The van der Waals surface area contributed by atoms with Crippen LogP contribution in [0.1, 0.15) is 11.1 Å². The van der Waals surface area contributed by atoms with E-state index < -0.39 is 11.9 Å². The van der Waals surface area contributed by atoms with Crippen molar-refractivity contribution in [2.75, 3.05) is 7.11 Å². The first-order chi connectivity index (χ1) is 10.1. The first kappa shape index (κ1) is 15.0. The van der Waals surface area contributed by atoms with Crippen molar-refractivity contribution in [3.05, 3.63) is 59.5 Å². The number of benzene rings is 1. The maximum absolute atomic E-state index is 12.9. The molecule has 0 saturated heterocycles. The van der Waals surface area contributed by atoms with E-state index in [9.17, 15) is 14.3 Å². The molecule has 0 amide bonds. The second-order valence-electron chi connectivity index (χ2n) is 4.74. The van der Waals surface area contributed by atoms with Gasteiger partial charge < -0.3 is 9.84 Å². The van der Waals surface area contributed by atoms with Gasteiger partial charge in [0, 0.05) is 11.8 Å². The minimum Gasteiger partial charge on any atom is -0.481 e. The number of aromatic nitrogens is 1. The van der Waals surface area contributed by atoms with Gasteiger partial charge in [-0.15, -0.1) is 0 Å². The van der Waals surface area contributed by atoms with Crippen LogP contribution < -0.4 is 4.74 Å². The number of aliphatic carboxylic acids is 1. The van der Waals surface area contributed by atoms with E-state index in [-0.39, 0.29) is 5.82 Å². The number of carboxylic acid groups (broad SMARTS) is 1. The predicted molar refractivity (Wildman–Crippen MR) is 75.7 cm³/mol. The lowest BCUT2D eigenvalue weighted by molar-refractivity contribution is -0.141. The van der Waals surface area contributed by atoms with Crippen molar-refractivity contribution in [3.8, 4) is 5.88 Å². The summed E-state index contributed by atoms with van der Waals surface area (Å²) in [4.78, 5) is 15.5. The van der Waals surface area contributed by atoms with Crippen molar-refractivity contribution in [1.29, 1.82) is 0 Å². The van der Waals surface area contributed by atoms with Crippen LogP contribution in [0.5, 0.6) is 5.88 Å². The summed E-state index contributed by atoms with van der Waals surface area (Å²) in [5, 5.41) is 9.38. The van der Waals surface area contributed by atoms with E-state index in [0.29, 0.717) is 18.7 Å². The fourth-order valence-electron chi connectivity index (χ4n) is 2.18. The molecule has 0 spiro atoms. The summed E-state index contributed by atoms with van der Waals surface area (Å²) in [5.41, 5.74) is 1.53. The Labute approximate surface area is 122 Å². The van der Waals surface area contributed by atoms with Crippen LogP contribution in [0, 0.1) is 11.7 Å². The maximum atomic E-state index is 12.9. The number of halogens is 1. The Morgan fingerprint density at radius 3 is 2.62 bits per heavy atom. The Kier molecular flexibility index (Phi) is 4.87. The molecule has 4 nitrogen and oxygen atoms in total. The first-order valence-electron chi connectivity index (χ1n) is 6.55. The summed E-state index contributed by atoms with van der Waals surface area (Å²) in [6.07, 6.45) is 2.23. The van der Waals surface area contributed by atoms with E-state index >= 15 is 0 Å². The smallest absolute Gasteiger partial charge is 0.307 e. The van der Waals surface area contributed by atoms with Gasteiger partial charge in [-0.3, -0.25) is 4.79 Å². The minimum atomic E-state index is -0.898. The second-order valence-corrected chi connectivity index (χ2v) is 4.74. The molecule has 21 heavy (non-hydrogen) atoms. The SMILES string of the molecule is COc1ncccc1CC(Cc1ccc(F)cc1)C(=O)O. The molecule has 1 N–H and O–H groups in total. The summed E-state index contributed by atoms with van der Waals surface area (Å²) in [7, 11) is 1.50. The minimum absolute atomic E-state index is 0.309. The number of carboxylic acids is 1. The average molecular weight is 289 g/mol. The highest BCUT2D eigenvalue weighted by Crippen LogP contribution is 2.21. The van der Waals surface area contributed by atoms with Gasteiger partial charge in [-0.25, -0.2) is 9.37 Å². The lowest BCUT2D eigenvalue weighted by atomic mass is 9.93. The third-order valence-corrected chi connectivity index (χ3v) is 3.25. The van der Waals surface area contributed by atoms with Crippen LogP contribution in [0.4, 0.5) is 4.39 Å². The van der Waals surface area contributed by atoms with Crippen molar-refractivity contribution in [3.63, 3.8) is 0 Å². The van der Waals surface area contributed by atoms with Crippen LogP contribution in [0.15, 0.2) is 42.6 Å². The Morgan fingerprint density at radius 1 is 1.29 bits per heavy atom. The fourth-order valence-corrected chi connectivity index (χ4v) is 2.18. The second kappa shape index (κ2) is 6.83. The highest BCUT2D eigenvalue weighted by atomic mass is 19.1. The zero-order valence-electron chi connectivity index (χ0n) is 11.6. The van der Waals surface area contributed by atoms with Crippen molar-refractivity contribution < 1.29 is 19.0 Å². The molecule has 0 aliphatic rings. The number of methoxy groups -OCH3 is 1. The third kappa shape index (κ3) is 4.02. The van der Waals surface area contributed by atoms with E-state index in [4.69, 9.17) is 4.74 Å². The molecule has 0 aliphatic carbocycles. The Balaban J connectivity index is 2.16. The van der Waals surface area contributed by atoms with Gasteiger partial charge in [0.2, 0.25) is 5.88 Å². The van der Waals surface area contributed by atoms with E-state index in [1.165, 1.54) is 19.2 Å². The molecule has 5 heteroatoms. The molecule has 1 aromatic carbocycles. The standard InChI is InChI=1S/C16H16FNO3/c1-21-15-12(3-2-8-18-15)10-13(16(19)20)9-11-4-6-14(17)7-5-11/h2-8,13H,9-10H2,1H3,(H,19,20). The predicted octanol–water partition coefficient (Wildman–Crippen LogP) is 2.72. The molecule has 0 aliphatic heterocycles. The summed E-state index contributed by atoms with van der Waals surface area (Å²) in [5.74, 6) is -1.42. The highest BCUT2D eigenvalue weighted by Gasteiger charge is 2.20. The molecule has 110 valence electrons. The van der Waals surface area contributed by atoms with Crippen molar-refractivity contribution in [1.82, 2.24) is 4.98 Å². The van der Waals surface area contributed by atoms with E-state index in [1.54, 1.807) is 30.5 Å². The number of hydrogen-bond acceptors (Lipinski definition) is 3. The third-order valence-electron chi connectivity index (χ3n) is 3.25. The molecule has 2 aromatic rings. The largest absolute Gasteiger partial charge is 0.481 e. The van der Waals surface area contributed by atoms with Crippen molar-refractivity contribution in [2.45, 2.75) is 12.8 Å². The maximum Gasteiger partial charge on any atom is 0.307 e. The van der Waals surface area contributed by atoms with Crippen LogP contribution in [0.25, 0.3) is 0 Å². The molecule has 0 fully saturated rings. The van der Waals surface area contributed by atoms with Gasteiger partial charge in [-0.05, 0) is 36.6 Å². The van der Waals surface area contributed by atoms with Crippen molar-refractivity contribution in [2.24, 2.45) is 5.92 Å². The lowest BCUT2D eigenvalue weighted by Gasteiger charge is -2.14. The Hall–Kier alpha value is -2.43. The average Bonchev–Trinajstić information content (AvgIpc) is 2.49. The number of pyridine rings is 1. The molecular formula is C16H16FNO3. The van der Waals surface area contributed by atoms with E-state index in [0.717, 1.165) is 11.1 Å². The van der Waals surface area contributed by atoms with Gasteiger partial charge >= 0.3 is 5.97 Å². The molecular weight excluding hydrogens is 273 g/mol. The monoisotopic (exact) mass is 289 g/mol. The number of carbonyl (C=O) groups is 1. The molecule has 1 atom stereocenters. The summed E-state index contributed by atoms with van der Waals surface area (Å²) < 4.78 is 18.0. The number of rotatable bonds is 6. The van der Waals surface area contributed by atoms with Crippen LogP contribution in [0.3, 0.4) is 0 Å². The molecule has 1 aromatic heterocycles. The summed E-state index contributed by atoms with van der Waals surface area (Å²) in [6, 6.07) is 9.41. The van der Waals surface area contributed by atoms with Crippen LogP contribution in [-0.2, 0) is 17.6 Å². The zero-order chi connectivity index (χ0) is 15.2. The van der Waals surface area contributed by atoms with Crippen LogP contribution >= 0.6 is 0 Å². The van der Waals surface area contributed by atoms with Crippen LogP contribution in [-0.4, -0.2) is 23.2 Å². The van der Waals surface area contributed by atoms with Crippen molar-refractivity contribution >= 4 is 5.97 Å². The van der Waals surface area contributed by atoms with E-state index in [2.05, 4.69) is 4.98 Å². The van der Waals surface area contributed by atoms with Gasteiger partial charge in [0.05, 0.1) is 13.0 Å². The van der Waals surface area contributed by atoms with Gasteiger partial charge in [-0.2, -0.15) is 0 Å². The van der Waals surface area contributed by atoms with Gasteiger partial charge in [0.25, 0.3) is 0 Å². The lowest BCUT2D eigenvalue weighted by Crippen LogP contribution is -2.19. The quantitative estimate of drug-likeness (QED) is 0.888. The molecule has 0 radical (unpaired) electrons. The summed E-state index contributed by atoms with van der Waals surface area (Å²) in [6.45, 7) is 0.